The van der Waals surface area contributed by atoms with Crippen LogP contribution < -0.4 is 0 Å². The first-order chi connectivity index (χ1) is 13.4. The molecule has 6 heteroatoms. The summed E-state index contributed by atoms with van der Waals surface area (Å²) in [5.41, 5.74) is 1.96. The number of aromatic nitrogens is 1. The first kappa shape index (κ1) is 19.5. The van der Waals surface area contributed by atoms with Crippen molar-refractivity contribution in [2.45, 2.75) is 11.8 Å². The normalized spacial score (nSPS) is 10.8. The standard InChI is InChI=1S/C22H20N2O3S/c1-18-12-14-20(15-13-18)28(26,27)24(22(25)21-11-7-16-23(21)2)17-6-10-19-8-4-3-5-9-19/h3-5,7-9,11-16H,17H2,1-2H3. The van der Waals surface area contributed by atoms with Crippen LogP contribution in [0.15, 0.2) is 77.8 Å². The van der Waals surface area contributed by atoms with Gasteiger partial charge in [-0.1, -0.05) is 47.7 Å². The van der Waals surface area contributed by atoms with Gasteiger partial charge in [-0.3, -0.25) is 4.79 Å². The molecular formula is C22H20N2O3S. The number of amides is 1. The summed E-state index contributed by atoms with van der Waals surface area (Å²) in [4.78, 5) is 13.1. The van der Waals surface area contributed by atoms with Gasteiger partial charge >= 0.3 is 0 Å². The van der Waals surface area contributed by atoms with Gasteiger partial charge in [0, 0.05) is 18.8 Å². The van der Waals surface area contributed by atoms with Crippen molar-refractivity contribution < 1.29 is 13.2 Å². The zero-order valence-corrected chi connectivity index (χ0v) is 16.5. The molecule has 1 aromatic heterocycles. The molecule has 142 valence electrons. The van der Waals surface area contributed by atoms with Gasteiger partial charge in [0.1, 0.15) is 5.69 Å². The monoisotopic (exact) mass is 392 g/mol. The molecule has 0 saturated carbocycles. The number of aryl methyl sites for hydroxylation is 2. The maximum atomic E-state index is 13.2. The van der Waals surface area contributed by atoms with Crippen molar-refractivity contribution in [3.8, 4) is 11.8 Å². The van der Waals surface area contributed by atoms with Crippen LogP contribution >= 0.6 is 0 Å². The molecule has 1 heterocycles. The molecule has 0 aliphatic heterocycles. The maximum Gasteiger partial charge on any atom is 0.285 e. The smallest absolute Gasteiger partial charge is 0.285 e. The molecule has 0 bridgehead atoms. The Labute approximate surface area is 165 Å². The van der Waals surface area contributed by atoms with Crippen LogP contribution in [0.2, 0.25) is 0 Å². The first-order valence-corrected chi connectivity index (χ1v) is 10.1. The highest BCUT2D eigenvalue weighted by Gasteiger charge is 2.30. The summed E-state index contributed by atoms with van der Waals surface area (Å²) < 4.78 is 28.7. The Morgan fingerprint density at radius 1 is 1.00 bits per heavy atom. The second kappa shape index (κ2) is 8.15. The molecule has 28 heavy (non-hydrogen) atoms. The van der Waals surface area contributed by atoms with Crippen molar-refractivity contribution in [2.75, 3.05) is 6.54 Å². The average Bonchev–Trinajstić information content (AvgIpc) is 3.12. The van der Waals surface area contributed by atoms with Crippen LogP contribution in [0.1, 0.15) is 21.6 Å². The van der Waals surface area contributed by atoms with E-state index >= 15 is 0 Å². The van der Waals surface area contributed by atoms with Crippen LogP contribution in [-0.2, 0) is 17.1 Å². The number of hydrogen-bond donors (Lipinski definition) is 0. The molecule has 0 atom stereocenters. The van der Waals surface area contributed by atoms with E-state index in [1.54, 1.807) is 42.1 Å². The van der Waals surface area contributed by atoms with Crippen LogP contribution in [0.4, 0.5) is 0 Å². The van der Waals surface area contributed by atoms with Gasteiger partial charge < -0.3 is 4.57 Å². The van der Waals surface area contributed by atoms with Crippen molar-refractivity contribution in [1.29, 1.82) is 0 Å². The summed E-state index contributed by atoms with van der Waals surface area (Å²) in [7, 11) is -2.35. The summed E-state index contributed by atoms with van der Waals surface area (Å²) >= 11 is 0. The number of carbonyl (C=O) groups is 1. The van der Waals surface area contributed by atoms with E-state index in [0.29, 0.717) is 0 Å². The Kier molecular flexibility index (Phi) is 5.67. The molecule has 0 saturated heterocycles. The lowest BCUT2D eigenvalue weighted by molar-refractivity contribution is 0.0864. The molecule has 0 aliphatic carbocycles. The fourth-order valence-corrected chi connectivity index (χ4v) is 3.93. The minimum atomic E-state index is -4.05. The Bertz CT molecular complexity index is 1140. The molecule has 1 amide bonds. The summed E-state index contributed by atoms with van der Waals surface area (Å²) in [6.07, 6.45) is 1.69. The van der Waals surface area contributed by atoms with Crippen LogP contribution in [0.5, 0.6) is 0 Å². The number of carbonyl (C=O) groups excluding carboxylic acids is 1. The van der Waals surface area contributed by atoms with Crippen LogP contribution in [0, 0.1) is 18.8 Å². The van der Waals surface area contributed by atoms with E-state index in [9.17, 15) is 13.2 Å². The lowest BCUT2D eigenvalue weighted by Crippen LogP contribution is -2.38. The predicted molar refractivity (Wildman–Crippen MR) is 108 cm³/mol. The van der Waals surface area contributed by atoms with Gasteiger partial charge in [-0.15, -0.1) is 0 Å². The molecule has 3 aromatic rings. The summed E-state index contributed by atoms with van der Waals surface area (Å²) in [5.74, 6) is 5.11. The molecule has 0 radical (unpaired) electrons. The van der Waals surface area contributed by atoms with Crippen LogP contribution in [0.3, 0.4) is 0 Å². The van der Waals surface area contributed by atoms with Crippen molar-refractivity contribution in [3.63, 3.8) is 0 Å². The minimum Gasteiger partial charge on any atom is -0.347 e. The van der Waals surface area contributed by atoms with E-state index in [2.05, 4.69) is 11.8 Å². The summed E-state index contributed by atoms with van der Waals surface area (Å²) in [6, 6.07) is 18.9. The summed E-state index contributed by atoms with van der Waals surface area (Å²) in [6.45, 7) is 1.63. The van der Waals surface area contributed by atoms with Gasteiger partial charge in [-0.05, 0) is 43.3 Å². The highest BCUT2D eigenvalue weighted by molar-refractivity contribution is 7.89. The zero-order valence-electron chi connectivity index (χ0n) is 15.7. The van der Waals surface area contributed by atoms with E-state index in [4.69, 9.17) is 0 Å². The topological polar surface area (TPSA) is 59.4 Å². The Morgan fingerprint density at radius 3 is 2.29 bits per heavy atom. The van der Waals surface area contributed by atoms with Gasteiger partial charge in [-0.2, -0.15) is 0 Å². The third-order valence-corrected chi connectivity index (χ3v) is 5.97. The van der Waals surface area contributed by atoms with Crippen molar-refractivity contribution >= 4 is 15.9 Å². The lowest BCUT2D eigenvalue weighted by Gasteiger charge is -2.20. The predicted octanol–water partition coefficient (Wildman–Crippen LogP) is 3.22. The molecule has 0 fully saturated rings. The van der Waals surface area contributed by atoms with Crippen molar-refractivity contribution in [2.24, 2.45) is 7.05 Å². The third kappa shape index (κ3) is 4.16. The number of rotatable bonds is 4. The number of nitrogens with zero attached hydrogens (tertiary/aromatic N) is 2. The SMILES string of the molecule is Cc1ccc(S(=O)(=O)N(CC#Cc2ccccc2)C(=O)c2cccn2C)cc1. The van der Waals surface area contributed by atoms with E-state index in [0.717, 1.165) is 15.4 Å². The Hall–Kier alpha value is -3.30. The van der Waals surface area contributed by atoms with Crippen molar-refractivity contribution in [1.82, 2.24) is 8.87 Å². The lowest BCUT2D eigenvalue weighted by atomic mass is 10.2. The highest BCUT2D eigenvalue weighted by Crippen LogP contribution is 2.19. The van der Waals surface area contributed by atoms with E-state index < -0.39 is 15.9 Å². The summed E-state index contributed by atoms with van der Waals surface area (Å²) in [5, 5.41) is 0. The molecular weight excluding hydrogens is 372 g/mol. The van der Waals surface area contributed by atoms with Gasteiger partial charge in [-0.25, -0.2) is 12.7 Å². The molecule has 0 unspecified atom stereocenters. The van der Waals surface area contributed by atoms with E-state index in [1.807, 2.05) is 37.3 Å². The highest BCUT2D eigenvalue weighted by atomic mass is 32.2. The van der Waals surface area contributed by atoms with E-state index in [1.165, 1.54) is 12.1 Å². The minimum absolute atomic E-state index is 0.0576. The van der Waals surface area contributed by atoms with E-state index in [-0.39, 0.29) is 17.1 Å². The fraction of sp³-hybridized carbons (Fsp3) is 0.136. The number of benzene rings is 2. The van der Waals surface area contributed by atoms with Crippen LogP contribution in [0.25, 0.3) is 0 Å². The van der Waals surface area contributed by atoms with Gasteiger partial charge in [0.2, 0.25) is 0 Å². The van der Waals surface area contributed by atoms with Gasteiger partial charge in [0.25, 0.3) is 15.9 Å². The Morgan fingerprint density at radius 2 is 1.68 bits per heavy atom. The quantitative estimate of drug-likeness (QED) is 0.641. The third-order valence-electron chi connectivity index (χ3n) is 4.23. The molecule has 0 spiro atoms. The van der Waals surface area contributed by atoms with Crippen LogP contribution in [-0.4, -0.2) is 29.7 Å². The number of hydrogen-bond acceptors (Lipinski definition) is 3. The first-order valence-electron chi connectivity index (χ1n) is 8.68. The average molecular weight is 392 g/mol. The zero-order chi connectivity index (χ0) is 20.1. The number of sulfonamides is 1. The molecule has 2 aromatic carbocycles. The largest absolute Gasteiger partial charge is 0.347 e. The van der Waals surface area contributed by atoms with Gasteiger partial charge in [0.15, 0.2) is 0 Å². The fourth-order valence-electron chi connectivity index (χ4n) is 2.65. The second-order valence-electron chi connectivity index (χ2n) is 6.30. The Balaban J connectivity index is 1.99. The van der Waals surface area contributed by atoms with Crippen molar-refractivity contribution in [3.05, 3.63) is 89.7 Å². The molecule has 5 nitrogen and oxygen atoms in total. The molecule has 0 N–H and O–H groups in total. The van der Waals surface area contributed by atoms with Gasteiger partial charge in [0.05, 0.1) is 11.4 Å². The molecule has 0 aliphatic rings. The maximum absolute atomic E-state index is 13.2. The molecule has 3 rings (SSSR count). The second-order valence-corrected chi connectivity index (χ2v) is 8.16.